The minimum Gasteiger partial charge on any atom is -0.490 e. The molecule has 4 atom stereocenters. The number of carbonyl (C=O) groups is 3. The predicted octanol–water partition coefficient (Wildman–Crippen LogP) is 4.90. The summed E-state index contributed by atoms with van der Waals surface area (Å²) in [6, 6.07) is 7.34. The number of nitrogens with one attached hydrogen (secondary N) is 2. The number of carbonyl (C=O) groups excluding carboxylic acids is 3. The third kappa shape index (κ3) is 9.29. The molecule has 3 aromatic rings. The van der Waals surface area contributed by atoms with Gasteiger partial charge in [0.2, 0.25) is 0 Å². The van der Waals surface area contributed by atoms with Gasteiger partial charge in [0.1, 0.15) is 17.1 Å². The molecule has 0 radical (unpaired) electrons. The van der Waals surface area contributed by atoms with Crippen LogP contribution in [0.4, 0.5) is 16.2 Å². The minimum absolute atomic E-state index is 0.195. The van der Waals surface area contributed by atoms with E-state index in [1.54, 1.807) is 68.0 Å². The first-order chi connectivity index (χ1) is 22.5. The van der Waals surface area contributed by atoms with Gasteiger partial charge in [0.25, 0.3) is 11.8 Å². The van der Waals surface area contributed by atoms with E-state index < -0.39 is 12.1 Å². The molecule has 0 saturated heterocycles. The van der Waals surface area contributed by atoms with Crippen molar-refractivity contribution in [3.05, 3.63) is 65.3 Å². The van der Waals surface area contributed by atoms with E-state index in [9.17, 15) is 19.5 Å². The maximum Gasteiger partial charge on any atom is 0.321 e. The molecule has 47 heavy (non-hydrogen) atoms. The van der Waals surface area contributed by atoms with Gasteiger partial charge in [-0.05, 0) is 77.3 Å². The van der Waals surface area contributed by atoms with Crippen LogP contribution in [0, 0.1) is 19.8 Å². The summed E-state index contributed by atoms with van der Waals surface area (Å²) in [5.41, 5.74) is 2.23. The van der Waals surface area contributed by atoms with E-state index in [-0.39, 0.29) is 55.1 Å². The Morgan fingerprint density at radius 3 is 2.55 bits per heavy atom. The lowest BCUT2D eigenvalue weighted by molar-refractivity contribution is -0.0115. The van der Waals surface area contributed by atoms with Crippen molar-refractivity contribution in [1.82, 2.24) is 19.9 Å². The Bertz CT molecular complexity index is 1490. The average Bonchev–Trinajstić information content (AvgIpc) is 3.38. The first-order valence-corrected chi connectivity index (χ1v) is 16.0. The van der Waals surface area contributed by atoms with Crippen molar-refractivity contribution in [2.75, 3.05) is 44.0 Å². The largest absolute Gasteiger partial charge is 0.490 e. The number of amides is 4. The Balaban J connectivity index is 1.60. The maximum atomic E-state index is 14.3. The number of urea groups is 1. The molecule has 13 nitrogen and oxygen atoms in total. The molecule has 3 heterocycles. The second-order valence-corrected chi connectivity index (χ2v) is 12.2. The number of pyridine rings is 1. The number of ether oxygens (including phenoxy) is 2. The summed E-state index contributed by atoms with van der Waals surface area (Å²) >= 11 is 0. The van der Waals surface area contributed by atoms with Crippen LogP contribution in [-0.2, 0) is 4.74 Å². The van der Waals surface area contributed by atoms with Crippen molar-refractivity contribution in [2.24, 2.45) is 5.92 Å². The Morgan fingerprint density at radius 2 is 1.87 bits per heavy atom. The average molecular weight is 651 g/mol. The third-order valence-corrected chi connectivity index (χ3v) is 8.32. The number of aryl methyl sites for hydroxylation is 2. The van der Waals surface area contributed by atoms with Crippen LogP contribution in [0.1, 0.15) is 72.2 Å². The number of aliphatic hydroxyl groups excluding tert-OH is 1. The third-order valence-electron chi connectivity index (χ3n) is 8.32. The number of nitrogens with zero attached hydrogens (tertiary/aromatic N) is 4. The number of likely N-dealkylation sites (N-methyl/N-ethyl adjacent to an activating group) is 1. The highest BCUT2D eigenvalue weighted by Gasteiger charge is 2.31. The molecule has 1 aliphatic heterocycles. The second kappa shape index (κ2) is 16.4. The number of benzene rings is 1. The van der Waals surface area contributed by atoms with E-state index in [1.165, 1.54) is 12.4 Å². The molecule has 4 amide bonds. The maximum absolute atomic E-state index is 14.3. The number of fused-ring (bicyclic) bond motifs is 1. The zero-order valence-electron chi connectivity index (χ0n) is 28.0. The van der Waals surface area contributed by atoms with Crippen LogP contribution in [0.2, 0.25) is 0 Å². The monoisotopic (exact) mass is 650 g/mol. The van der Waals surface area contributed by atoms with Crippen molar-refractivity contribution in [1.29, 1.82) is 0 Å². The van der Waals surface area contributed by atoms with Crippen molar-refractivity contribution in [3.63, 3.8) is 0 Å². The van der Waals surface area contributed by atoms with Crippen LogP contribution in [0.25, 0.3) is 0 Å². The SMILES string of the molecule is Cc1noc(C)c1NC(=O)N(C)C[C@H]1OCCCC[C@@H](C)Oc2ccc(NC(=O)c3ccncc3)cc2C(=O)N([C@@H](C)CO)C[C@H]1C. The van der Waals surface area contributed by atoms with Gasteiger partial charge < -0.3 is 39.5 Å². The molecule has 13 heteroatoms. The molecule has 0 spiro atoms. The first kappa shape index (κ1) is 35.4. The van der Waals surface area contributed by atoms with Gasteiger partial charge in [0.15, 0.2) is 5.76 Å². The molecule has 1 aliphatic rings. The lowest BCUT2D eigenvalue weighted by atomic mass is 10.0. The summed E-state index contributed by atoms with van der Waals surface area (Å²) in [7, 11) is 1.69. The highest BCUT2D eigenvalue weighted by Crippen LogP contribution is 2.29. The molecule has 1 aromatic carbocycles. The Kier molecular flexibility index (Phi) is 12.3. The quantitative estimate of drug-likeness (QED) is 0.323. The molecule has 0 fully saturated rings. The Labute approximate surface area is 275 Å². The number of aliphatic hydroxyl groups is 1. The molecule has 0 aliphatic carbocycles. The van der Waals surface area contributed by atoms with Crippen molar-refractivity contribution < 1.29 is 33.5 Å². The number of hydrogen-bond donors (Lipinski definition) is 3. The molecule has 0 bridgehead atoms. The van der Waals surface area contributed by atoms with Gasteiger partial charge in [-0.3, -0.25) is 14.6 Å². The van der Waals surface area contributed by atoms with Gasteiger partial charge in [0.05, 0.1) is 30.4 Å². The lowest BCUT2D eigenvalue weighted by Crippen LogP contribution is -2.48. The van der Waals surface area contributed by atoms with E-state index in [0.717, 1.165) is 19.3 Å². The van der Waals surface area contributed by atoms with Crippen LogP contribution >= 0.6 is 0 Å². The zero-order chi connectivity index (χ0) is 34.1. The van der Waals surface area contributed by atoms with Gasteiger partial charge in [-0.1, -0.05) is 12.1 Å². The molecule has 4 rings (SSSR count). The molecule has 3 N–H and O–H groups in total. The molecule has 0 unspecified atom stereocenters. The van der Waals surface area contributed by atoms with E-state index in [1.807, 2.05) is 13.8 Å². The summed E-state index contributed by atoms with van der Waals surface area (Å²) in [5, 5.41) is 19.8. The number of anilines is 2. The van der Waals surface area contributed by atoms with E-state index >= 15 is 0 Å². The fourth-order valence-corrected chi connectivity index (χ4v) is 5.39. The normalized spacial score (nSPS) is 19.9. The molecular weight excluding hydrogens is 604 g/mol. The second-order valence-electron chi connectivity index (χ2n) is 12.2. The summed E-state index contributed by atoms with van der Waals surface area (Å²) < 4.78 is 17.8. The Morgan fingerprint density at radius 1 is 1.13 bits per heavy atom. The fourth-order valence-electron chi connectivity index (χ4n) is 5.39. The van der Waals surface area contributed by atoms with E-state index in [0.29, 0.717) is 40.7 Å². The first-order valence-electron chi connectivity index (χ1n) is 16.0. The van der Waals surface area contributed by atoms with Crippen LogP contribution in [0.3, 0.4) is 0 Å². The Hall–Kier alpha value is -4.49. The van der Waals surface area contributed by atoms with Crippen LogP contribution in [-0.4, -0.2) is 94.5 Å². The number of aromatic nitrogens is 2. The van der Waals surface area contributed by atoms with Crippen LogP contribution in [0.15, 0.2) is 47.2 Å². The number of rotatable bonds is 7. The summed E-state index contributed by atoms with van der Waals surface area (Å²) in [6.45, 7) is 9.86. The molecule has 254 valence electrons. The molecule has 2 aromatic heterocycles. The summed E-state index contributed by atoms with van der Waals surface area (Å²) in [6.07, 6.45) is 4.81. The fraction of sp³-hybridized carbons (Fsp3) is 0.500. The summed E-state index contributed by atoms with van der Waals surface area (Å²) in [4.78, 5) is 47.5. The van der Waals surface area contributed by atoms with Crippen molar-refractivity contribution in [3.8, 4) is 5.75 Å². The summed E-state index contributed by atoms with van der Waals surface area (Å²) in [5.74, 6) is -0.0268. The van der Waals surface area contributed by atoms with E-state index in [2.05, 4.69) is 20.8 Å². The lowest BCUT2D eigenvalue weighted by Gasteiger charge is -2.35. The highest BCUT2D eigenvalue weighted by molar-refractivity contribution is 6.05. The number of hydrogen-bond acceptors (Lipinski definition) is 9. The van der Waals surface area contributed by atoms with Gasteiger partial charge >= 0.3 is 6.03 Å². The van der Waals surface area contributed by atoms with Gasteiger partial charge in [-0.2, -0.15) is 0 Å². The van der Waals surface area contributed by atoms with Crippen LogP contribution in [0.5, 0.6) is 5.75 Å². The smallest absolute Gasteiger partial charge is 0.321 e. The highest BCUT2D eigenvalue weighted by atomic mass is 16.5. The molecule has 0 saturated carbocycles. The van der Waals surface area contributed by atoms with Gasteiger partial charge in [-0.25, -0.2) is 4.79 Å². The van der Waals surface area contributed by atoms with Gasteiger partial charge in [-0.15, -0.1) is 0 Å². The molecular formula is C34H46N6O7. The minimum atomic E-state index is -0.542. The van der Waals surface area contributed by atoms with Crippen LogP contribution < -0.4 is 15.4 Å². The predicted molar refractivity (Wildman–Crippen MR) is 177 cm³/mol. The van der Waals surface area contributed by atoms with Crippen molar-refractivity contribution >= 4 is 29.2 Å². The topological polar surface area (TPSA) is 159 Å². The van der Waals surface area contributed by atoms with Gasteiger partial charge in [0, 0.05) is 56.3 Å². The standard InChI is InChI=1S/C34H46N6O7/c1-21-18-40(22(2)20-41)33(43)28-17-27(36-32(42)26-12-14-35-15-13-26)10-11-29(28)46-23(3)9-7-8-16-45-30(21)19-39(6)34(44)37-31-24(4)38-47-25(31)5/h10-15,17,21-23,30,41H,7-9,16,18-20H2,1-6H3,(H,36,42)(H,37,44)/t21-,22+,23-,30-/m1/s1. The van der Waals surface area contributed by atoms with Crippen molar-refractivity contribution in [2.45, 2.75) is 72.1 Å². The zero-order valence-corrected chi connectivity index (χ0v) is 28.0. The van der Waals surface area contributed by atoms with E-state index in [4.69, 9.17) is 14.0 Å².